The maximum atomic E-state index is 14.3. The quantitative estimate of drug-likeness (QED) is 0.210. The van der Waals surface area contributed by atoms with Crippen molar-refractivity contribution in [2.24, 2.45) is 23.7 Å². The highest BCUT2D eigenvalue weighted by Gasteiger charge is 2.60. The molecule has 4 fully saturated rings. The maximum Gasteiger partial charge on any atom is 0.316 e. The maximum absolute atomic E-state index is 14.3. The number of esters is 1. The van der Waals surface area contributed by atoms with Crippen LogP contribution in [0, 0.1) is 23.7 Å². The van der Waals surface area contributed by atoms with Gasteiger partial charge in [-0.15, -0.1) is 0 Å². The molecular weight excluding hydrogens is 801 g/mol. The van der Waals surface area contributed by atoms with Crippen molar-refractivity contribution >= 4 is 5.97 Å². The number of ether oxygens (including phenoxy) is 10. The Labute approximate surface area is 367 Å². The summed E-state index contributed by atoms with van der Waals surface area (Å²) < 4.78 is 63.7. The van der Waals surface area contributed by atoms with Crippen molar-refractivity contribution in [1.82, 2.24) is 0 Å². The Bertz CT molecular complexity index is 1730. The minimum Gasteiger partial charge on any atom is -0.462 e. The first-order valence-electron chi connectivity index (χ1n) is 22.9. The summed E-state index contributed by atoms with van der Waals surface area (Å²) in [5.74, 6) is -2.56. The lowest BCUT2D eigenvalue weighted by Gasteiger charge is -2.48. The molecule has 14 nitrogen and oxygen atoms in total. The molecule has 6 aliphatic heterocycles. The number of carbonyl (C=O) groups is 1. The van der Waals surface area contributed by atoms with Crippen molar-refractivity contribution in [2.45, 2.75) is 191 Å². The third-order valence-corrected chi connectivity index (χ3v) is 14.5. The summed E-state index contributed by atoms with van der Waals surface area (Å²) in [7, 11) is 3.22. The molecular formula is C48H72O14. The first-order valence-corrected chi connectivity index (χ1v) is 22.9. The predicted molar refractivity (Wildman–Crippen MR) is 227 cm³/mol. The van der Waals surface area contributed by atoms with Crippen molar-refractivity contribution in [2.75, 3.05) is 20.8 Å². The third kappa shape index (κ3) is 9.64. The van der Waals surface area contributed by atoms with Gasteiger partial charge in [0.1, 0.15) is 42.0 Å². The average Bonchev–Trinajstić information content (AvgIpc) is 3.58. The summed E-state index contributed by atoms with van der Waals surface area (Å²) in [6, 6.07) is 0. The van der Waals surface area contributed by atoms with Crippen LogP contribution in [0.2, 0.25) is 0 Å². The lowest BCUT2D eigenvalue weighted by atomic mass is 9.71. The second kappa shape index (κ2) is 19.7. The number of hydrogen-bond acceptors (Lipinski definition) is 14. The monoisotopic (exact) mass is 872 g/mol. The Morgan fingerprint density at radius 2 is 1.60 bits per heavy atom. The summed E-state index contributed by atoms with van der Waals surface area (Å²) in [5.41, 5.74) is 0.134. The van der Waals surface area contributed by atoms with Crippen molar-refractivity contribution in [3.05, 3.63) is 59.3 Å². The molecule has 348 valence electrons. The minimum absolute atomic E-state index is 0.0317. The summed E-state index contributed by atoms with van der Waals surface area (Å²) in [5, 5.41) is 34.2. The van der Waals surface area contributed by atoms with E-state index in [1.165, 1.54) is 0 Å². The highest BCUT2D eigenvalue weighted by Crippen LogP contribution is 2.47. The molecule has 1 spiro atoms. The smallest absolute Gasteiger partial charge is 0.316 e. The molecule has 3 N–H and O–H groups in total. The summed E-state index contributed by atoms with van der Waals surface area (Å²) >= 11 is 0. The molecule has 0 saturated carbocycles. The topological polar surface area (TPSA) is 170 Å². The second-order valence-corrected chi connectivity index (χ2v) is 19.0. The average molecular weight is 873 g/mol. The zero-order valence-corrected chi connectivity index (χ0v) is 38.2. The second-order valence-electron chi connectivity index (χ2n) is 19.0. The first-order chi connectivity index (χ1) is 29.5. The first kappa shape index (κ1) is 47.6. The van der Waals surface area contributed by atoms with E-state index < -0.39 is 90.8 Å². The fraction of sp³-hybridized carbons (Fsp3) is 0.771. The van der Waals surface area contributed by atoms with Crippen molar-refractivity contribution in [3.63, 3.8) is 0 Å². The van der Waals surface area contributed by atoms with Gasteiger partial charge in [0.05, 0.1) is 49.3 Å². The van der Waals surface area contributed by atoms with Crippen LogP contribution in [0.3, 0.4) is 0 Å². The van der Waals surface area contributed by atoms with Gasteiger partial charge < -0.3 is 62.7 Å². The fourth-order valence-corrected chi connectivity index (χ4v) is 10.6. The Hall–Kier alpha value is -2.31. The summed E-state index contributed by atoms with van der Waals surface area (Å²) in [4.78, 5) is 14.3. The number of methoxy groups -OCH3 is 2. The molecule has 4 saturated heterocycles. The molecule has 0 aromatic carbocycles. The Balaban J connectivity index is 1.18. The van der Waals surface area contributed by atoms with Crippen LogP contribution >= 0.6 is 0 Å². The van der Waals surface area contributed by atoms with Crippen LogP contribution in [0.4, 0.5) is 0 Å². The number of allylic oxidation sites excluding steroid dienone is 2. The fourth-order valence-electron chi connectivity index (χ4n) is 10.6. The van der Waals surface area contributed by atoms with E-state index in [1.54, 1.807) is 40.2 Å². The van der Waals surface area contributed by atoms with E-state index in [1.807, 2.05) is 32.1 Å². The highest BCUT2D eigenvalue weighted by atomic mass is 16.7. The van der Waals surface area contributed by atoms with E-state index in [0.29, 0.717) is 43.3 Å². The highest BCUT2D eigenvalue weighted by molar-refractivity contribution is 5.78. The molecule has 7 rings (SSSR count). The molecule has 8 unspecified atom stereocenters. The van der Waals surface area contributed by atoms with Gasteiger partial charge in [0.15, 0.2) is 18.4 Å². The van der Waals surface area contributed by atoms with E-state index in [9.17, 15) is 20.1 Å². The lowest BCUT2D eigenvalue weighted by molar-refractivity contribution is -0.318. The van der Waals surface area contributed by atoms with Crippen LogP contribution in [0.15, 0.2) is 59.3 Å². The van der Waals surface area contributed by atoms with Gasteiger partial charge in [-0.25, -0.2) is 0 Å². The SMILES string of the molecule is CC[C@H](C)[C@H]1O[C@]2(C=C[C@@H]1C)C[C@@H]1C[C@@H](CC=C(C)[C@@H](OC3CC(OC)C(OC4CC(OC)C(O)C(C)O4)C(C)O3)[C@@H](C)C=CC=C3CO[C@@H]4[C@H](O)C(C)=C[C@@H](C(=O)O1)[C@]34O)O2. The van der Waals surface area contributed by atoms with Crippen molar-refractivity contribution in [1.29, 1.82) is 0 Å². The van der Waals surface area contributed by atoms with Gasteiger partial charge in [-0.1, -0.05) is 70.6 Å². The zero-order chi connectivity index (χ0) is 44.7. The van der Waals surface area contributed by atoms with Gasteiger partial charge in [0, 0.05) is 51.7 Å². The molecule has 0 aromatic heterocycles. The number of carbonyl (C=O) groups excluding carboxylic acids is 1. The van der Waals surface area contributed by atoms with Crippen LogP contribution in [0.5, 0.6) is 0 Å². The Morgan fingerprint density at radius 1 is 0.887 bits per heavy atom. The number of aliphatic hydroxyl groups is 3. The van der Waals surface area contributed by atoms with Crippen LogP contribution in [0.1, 0.15) is 93.9 Å². The molecule has 2 bridgehead atoms. The Morgan fingerprint density at radius 3 is 2.32 bits per heavy atom. The lowest BCUT2D eigenvalue weighted by Crippen LogP contribution is -2.58. The molecule has 14 heteroatoms. The molecule has 1 aliphatic carbocycles. The predicted octanol–water partition coefficient (Wildman–Crippen LogP) is 5.38. The van der Waals surface area contributed by atoms with Crippen LogP contribution < -0.4 is 0 Å². The molecule has 62 heavy (non-hydrogen) atoms. The largest absolute Gasteiger partial charge is 0.462 e. The van der Waals surface area contributed by atoms with E-state index in [0.717, 1.165) is 12.0 Å². The van der Waals surface area contributed by atoms with Gasteiger partial charge in [-0.05, 0) is 62.8 Å². The molecule has 0 radical (unpaired) electrons. The Kier molecular flexibility index (Phi) is 15.1. The van der Waals surface area contributed by atoms with Gasteiger partial charge in [-0.3, -0.25) is 4.79 Å². The van der Waals surface area contributed by atoms with Gasteiger partial charge in [-0.2, -0.15) is 0 Å². The standard InChI is InChI=1S/C48H72O14/c1-11-25(2)43-28(5)17-18-47(62-43)23-34-20-33(61-47)16-15-27(4)42(26(3)13-12-14-32-24-55-45-40(49)29(6)19-35(46(51)58-34)48(32,45)52)59-39-22-37(54-10)44(31(8)57-39)60-38-21-36(53-9)41(50)30(7)56-38/h12-15,17-19,25-26,28,30-31,33-45,49-50,52H,11,16,20-24H2,1-10H3/t25-,26-,28-,30?,31?,33+,34-,35-,36?,37?,38?,39?,40+,41?,42-,43+,44?,45+,47+,48+/m0/s1. The molecule has 20 atom stereocenters. The normalized spacial score (nSPS) is 47.0. The van der Waals surface area contributed by atoms with Crippen LogP contribution in [-0.2, 0) is 52.2 Å². The number of aliphatic hydroxyl groups excluding tert-OH is 2. The van der Waals surface area contributed by atoms with Gasteiger partial charge in [0.25, 0.3) is 0 Å². The van der Waals surface area contributed by atoms with E-state index in [2.05, 4.69) is 39.8 Å². The van der Waals surface area contributed by atoms with E-state index >= 15 is 0 Å². The van der Waals surface area contributed by atoms with Crippen molar-refractivity contribution in [3.8, 4) is 0 Å². The minimum atomic E-state index is -1.84. The van der Waals surface area contributed by atoms with Crippen LogP contribution in [-0.4, -0.2) is 139 Å². The number of hydrogen-bond donors (Lipinski definition) is 3. The molecule has 0 amide bonds. The van der Waals surface area contributed by atoms with Gasteiger partial charge in [0.2, 0.25) is 0 Å². The third-order valence-electron chi connectivity index (χ3n) is 14.5. The molecule has 6 heterocycles. The van der Waals surface area contributed by atoms with Gasteiger partial charge >= 0.3 is 5.97 Å². The van der Waals surface area contributed by atoms with Crippen molar-refractivity contribution < 1.29 is 67.5 Å². The summed E-state index contributed by atoms with van der Waals surface area (Å²) in [6.45, 7) is 16.1. The van der Waals surface area contributed by atoms with E-state index in [4.69, 9.17) is 47.4 Å². The zero-order valence-electron chi connectivity index (χ0n) is 38.2. The number of rotatable bonds is 8. The van der Waals surface area contributed by atoms with E-state index in [-0.39, 0.29) is 42.7 Å². The summed E-state index contributed by atoms with van der Waals surface area (Å²) in [6.07, 6.45) is 8.55. The number of fused-ring (bicyclic) bond motifs is 2. The van der Waals surface area contributed by atoms with Crippen LogP contribution in [0.25, 0.3) is 0 Å². The molecule has 7 aliphatic rings. The molecule has 0 aromatic rings.